The van der Waals surface area contributed by atoms with Gasteiger partial charge in [0.15, 0.2) is 0 Å². The summed E-state index contributed by atoms with van der Waals surface area (Å²) < 4.78 is 5.52. The summed E-state index contributed by atoms with van der Waals surface area (Å²) in [7, 11) is 1.63. The highest BCUT2D eigenvalue weighted by Crippen LogP contribution is 2.38. The molecule has 7 nitrogen and oxygen atoms in total. The minimum Gasteiger partial charge on any atom is -0.496 e. The molecule has 0 aromatic heterocycles. The average molecular weight is 499 g/mol. The molecule has 0 saturated carbocycles. The first-order valence-corrected chi connectivity index (χ1v) is 13.1. The summed E-state index contributed by atoms with van der Waals surface area (Å²) in [6.45, 7) is 4.88. The number of nitrogens with one attached hydrogen (secondary N) is 3. The number of para-hydroxylation sites is 1. The fourth-order valence-electron chi connectivity index (χ4n) is 5.22. The molecule has 5 rings (SSSR count). The Kier molecular flexibility index (Phi) is 7.70. The minimum absolute atomic E-state index is 0.189. The fourth-order valence-corrected chi connectivity index (χ4v) is 5.22. The second-order valence-electron chi connectivity index (χ2n) is 9.61. The second-order valence-corrected chi connectivity index (χ2v) is 9.61. The largest absolute Gasteiger partial charge is 0.496 e. The summed E-state index contributed by atoms with van der Waals surface area (Å²) >= 11 is 0. The van der Waals surface area contributed by atoms with Gasteiger partial charge in [0.25, 0.3) is 11.8 Å². The highest BCUT2D eigenvalue weighted by Gasteiger charge is 2.27. The van der Waals surface area contributed by atoms with Gasteiger partial charge in [-0.1, -0.05) is 30.7 Å². The number of hydrogen-bond donors (Lipinski definition) is 3. The van der Waals surface area contributed by atoms with Crippen LogP contribution in [0.5, 0.6) is 5.75 Å². The Labute approximate surface area is 218 Å². The van der Waals surface area contributed by atoms with Crippen molar-refractivity contribution in [2.45, 2.75) is 32.2 Å². The van der Waals surface area contributed by atoms with E-state index >= 15 is 0 Å². The van der Waals surface area contributed by atoms with Gasteiger partial charge in [-0.25, -0.2) is 0 Å². The van der Waals surface area contributed by atoms with Crippen LogP contribution in [-0.2, 0) is 6.54 Å². The number of rotatable bonds is 9. The van der Waals surface area contributed by atoms with Crippen LogP contribution in [-0.4, -0.2) is 50.0 Å². The van der Waals surface area contributed by atoms with Crippen LogP contribution >= 0.6 is 0 Å². The van der Waals surface area contributed by atoms with Crippen molar-refractivity contribution in [1.82, 2.24) is 10.2 Å². The topological polar surface area (TPSA) is 82.7 Å². The van der Waals surface area contributed by atoms with E-state index in [4.69, 9.17) is 4.74 Å². The van der Waals surface area contributed by atoms with Gasteiger partial charge < -0.3 is 25.6 Å². The number of benzene rings is 3. The zero-order valence-corrected chi connectivity index (χ0v) is 21.3. The number of hydrogen-bond acceptors (Lipinski definition) is 5. The smallest absolute Gasteiger partial charge is 0.255 e. The Morgan fingerprint density at radius 2 is 1.76 bits per heavy atom. The first-order chi connectivity index (χ1) is 18.1. The van der Waals surface area contributed by atoms with E-state index in [0.717, 1.165) is 47.6 Å². The highest BCUT2D eigenvalue weighted by molar-refractivity contribution is 6.11. The first kappa shape index (κ1) is 24.8. The Bertz CT molecular complexity index is 1270. The normalized spacial score (nSPS) is 15.1. The number of nitrogens with zero attached hydrogens (tertiary/aromatic N) is 1. The van der Waals surface area contributed by atoms with Gasteiger partial charge >= 0.3 is 0 Å². The Hall–Kier alpha value is -3.84. The summed E-state index contributed by atoms with van der Waals surface area (Å²) in [6, 6.07) is 18.9. The maximum absolute atomic E-state index is 13.0. The van der Waals surface area contributed by atoms with Gasteiger partial charge in [0.05, 0.1) is 18.4 Å². The summed E-state index contributed by atoms with van der Waals surface area (Å²) in [5.41, 5.74) is 5.24. The van der Waals surface area contributed by atoms with E-state index in [1.807, 2.05) is 54.6 Å². The van der Waals surface area contributed by atoms with Crippen LogP contribution in [0.3, 0.4) is 0 Å². The van der Waals surface area contributed by atoms with E-state index in [-0.39, 0.29) is 11.8 Å². The molecule has 0 atom stereocenters. The van der Waals surface area contributed by atoms with Crippen LogP contribution in [0.1, 0.15) is 52.0 Å². The standard InChI is InChI=1S/C30H34N4O3/c1-37-27-9-4-3-8-24(27)23-14-15-26(28-25(23)20-32-30(28)36)33-29(35)21-10-12-22(13-11-21)31-16-7-19-34-17-5-2-6-18-34/h3-4,8-15,31H,2,5-7,16-20H2,1H3,(H,32,36)(H,33,35). The highest BCUT2D eigenvalue weighted by atomic mass is 16.5. The second kappa shape index (κ2) is 11.5. The van der Waals surface area contributed by atoms with E-state index < -0.39 is 0 Å². The summed E-state index contributed by atoms with van der Waals surface area (Å²) in [5, 5.41) is 9.29. The maximum Gasteiger partial charge on any atom is 0.255 e. The molecule has 7 heteroatoms. The van der Waals surface area contributed by atoms with Crippen LogP contribution in [0.15, 0.2) is 60.7 Å². The third-order valence-corrected chi connectivity index (χ3v) is 7.19. The molecule has 192 valence electrons. The van der Waals surface area contributed by atoms with Gasteiger partial charge in [-0.2, -0.15) is 0 Å². The number of carbonyl (C=O) groups is 2. The van der Waals surface area contributed by atoms with Crippen LogP contribution in [0, 0.1) is 0 Å². The number of piperidine rings is 1. The molecule has 1 saturated heterocycles. The number of ether oxygens (including phenoxy) is 1. The zero-order valence-electron chi connectivity index (χ0n) is 21.3. The lowest BCUT2D eigenvalue weighted by atomic mass is 9.95. The molecule has 2 amide bonds. The van der Waals surface area contributed by atoms with Crippen molar-refractivity contribution in [3.63, 3.8) is 0 Å². The summed E-state index contributed by atoms with van der Waals surface area (Å²) in [4.78, 5) is 28.3. The van der Waals surface area contributed by atoms with Crippen LogP contribution in [0.25, 0.3) is 11.1 Å². The molecular weight excluding hydrogens is 464 g/mol. The SMILES string of the molecule is COc1ccccc1-c1ccc(NC(=O)c2ccc(NCCCN3CCCCC3)cc2)c2c1CNC2=O. The van der Waals surface area contributed by atoms with Crippen LogP contribution in [0.4, 0.5) is 11.4 Å². The molecule has 3 aromatic rings. The predicted octanol–water partition coefficient (Wildman–Crippen LogP) is 5.15. The molecule has 0 aliphatic carbocycles. The summed E-state index contributed by atoms with van der Waals surface area (Å²) in [5.74, 6) is 0.302. The molecule has 2 aliphatic rings. The van der Waals surface area contributed by atoms with E-state index in [2.05, 4.69) is 20.9 Å². The van der Waals surface area contributed by atoms with E-state index in [1.165, 1.54) is 32.4 Å². The number of carbonyl (C=O) groups excluding carboxylic acids is 2. The fraction of sp³-hybridized carbons (Fsp3) is 0.333. The number of amides is 2. The van der Waals surface area contributed by atoms with Crippen molar-refractivity contribution < 1.29 is 14.3 Å². The zero-order chi connectivity index (χ0) is 25.6. The van der Waals surface area contributed by atoms with Crippen molar-refractivity contribution in [3.8, 4) is 16.9 Å². The van der Waals surface area contributed by atoms with Crippen LogP contribution in [0.2, 0.25) is 0 Å². The van der Waals surface area contributed by atoms with Crippen molar-refractivity contribution in [2.24, 2.45) is 0 Å². The monoisotopic (exact) mass is 498 g/mol. The lowest BCUT2D eigenvalue weighted by Crippen LogP contribution is -2.31. The number of likely N-dealkylation sites (tertiary alicyclic amines) is 1. The molecule has 0 unspecified atom stereocenters. The van der Waals surface area contributed by atoms with Crippen molar-refractivity contribution >= 4 is 23.2 Å². The quantitative estimate of drug-likeness (QED) is 0.356. The van der Waals surface area contributed by atoms with E-state index in [9.17, 15) is 9.59 Å². The molecule has 3 N–H and O–H groups in total. The van der Waals surface area contributed by atoms with Crippen LogP contribution < -0.4 is 20.7 Å². The molecule has 2 heterocycles. The van der Waals surface area contributed by atoms with Gasteiger partial charge in [0, 0.05) is 29.9 Å². The Morgan fingerprint density at radius 1 is 0.973 bits per heavy atom. The molecular formula is C30H34N4O3. The lowest BCUT2D eigenvalue weighted by Gasteiger charge is -2.26. The lowest BCUT2D eigenvalue weighted by molar-refractivity contribution is 0.0966. The van der Waals surface area contributed by atoms with Gasteiger partial charge in [0.1, 0.15) is 5.75 Å². The van der Waals surface area contributed by atoms with E-state index in [0.29, 0.717) is 23.4 Å². The molecule has 2 aliphatic heterocycles. The summed E-state index contributed by atoms with van der Waals surface area (Å²) in [6.07, 6.45) is 5.09. The Morgan fingerprint density at radius 3 is 2.54 bits per heavy atom. The molecule has 37 heavy (non-hydrogen) atoms. The number of fused-ring (bicyclic) bond motifs is 1. The molecule has 3 aromatic carbocycles. The van der Waals surface area contributed by atoms with Gasteiger partial charge in [-0.05, 0) is 86.4 Å². The maximum atomic E-state index is 13.0. The van der Waals surface area contributed by atoms with E-state index in [1.54, 1.807) is 13.2 Å². The van der Waals surface area contributed by atoms with Gasteiger partial charge in [-0.3, -0.25) is 9.59 Å². The van der Waals surface area contributed by atoms with Crippen molar-refractivity contribution in [1.29, 1.82) is 0 Å². The minimum atomic E-state index is -0.247. The average Bonchev–Trinajstić information content (AvgIpc) is 3.34. The number of anilines is 2. The number of methoxy groups -OCH3 is 1. The molecule has 0 radical (unpaired) electrons. The Balaban J connectivity index is 1.24. The molecule has 1 fully saturated rings. The van der Waals surface area contributed by atoms with Crippen molar-refractivity contribution in [3.05, 3.63) is 77.4 Å². The van der Waals surface area contributed by atoms with Gasteiger partial charge in [-0.15, -0.1) is 0 Å². The molecule has 0 spiro atoms. The third kappa shape index (κ3) is 5.62. The predicted molar refractivity (Wildman–Crippen MR) is 147 cm³/mol. The van der Waals surface area contributed by atoms with Gasteiger partial charge in [0.2, 0.25) is 0 Å². The van der Waals surface area contributed by atoms with Crippen molar-refractivity contribution in [2.75, 3.05) is 43.9 Å². The molecule has 0 bridgehead atoms. The first-order valence-electron chi connectivity index (χ1n) is 13.1. The third-order valence-electron chi connectivity index (χ3n) is 7.19.